The highest BCUT2D eigenvalue weighted by Crippen LogP contribution is 2.25. The molecular weight excluding hydrogens is 371 g/mol. The van der Waals surface area contributed by atoms with Crippen LogP contribution in [0.15, 0.2) is 58.1 Å². The molecular formula is C20H10Cl2N2O2. The Bertz CT molecular complexity index is 1500. The topological polar surface area (TPSA) is 65.7 Å². The molecule has 0 unspecified atom stereocenters. The van der Waals surface area contributed by atoms with Crippen LogP contribution in [0, 0.1) is 0 Å². The zero-order valence-electron chi connectivity index (χ0n) is 13.2. The Morgan fingerprint density at radius 1 is 0.654 bits per heavy atom. The lowest BCUT2D eigenvalue weighted by Crippen LogP contribution is -2.08. The van der Waals surface area contributed by atoms with Gasteiger partial charge in [0.1, 0.15) is 0 Å². The molecule has 4 nitrogen and oxygen atoms in total. The van der Waals surface area contributed by atoms with Crippen LogP contribution >= 0.6 is 23.2 Å². The lowest BCUT2D eigenvalue weighted by molar-refractivity contribution is 1.46. The fraction of sp³-hybridized carbons (Fsp3) is 0. The Balaban J connectivity index is 2.02. The molecule has 2 aromatic heterocycles. The van der Waals surface area contributed by atoms with Crippen LogP contribution < -0.4 is 10.9 Å². The van der Waals surface area contributed by atoms with Gasteiger partial charge in [0.05, 0.1) is 27.0 Å². The first-order valence-electron chi connectivity index (χ1n) is 7.92. The van der Waals surface area contributed by atoms with Gasteiger partial charge in [-0.25, -0.2) is 0 Å². The molecule has 6 heteroatoms. The molecule has 0 radical (unpaired) electrons. The van der Waals surface area contributed by atoms with Crippen LogP contribution in [0.3, 0.4) is 0 Å². The number of pyridine rings is 2. The Morgan fingerprint density at radius 2 is 1.31 bits per heavy atom. The highest BCUT2D eigenvalue weighted by atomic mass is 35.5. The predicted octanol–water partition coefficient (Wildman–Crippen LogP) is 4.98. The van der Waals surface area contributed by atoms with Crippen LogP contribution in [-0.4, -0.2) is 9.97 Å². The quantitative estimate of drug-likeness (QED) is 0.372. The Hall–Kier alpha value is -2.82. The summed E-state index contributed by atoms with van der Waals surface area (Å²) in [6, 6.07) is 13.8. The van der Waals surface area contributed by atoms with Gasteiger partial charge >= 0.3 is 0 Å². The summed E-state index contributed by atoms with van der Waals surface area (Å²) in [6.45, 7) is 0. The second-order valence-corrected chi connectivity index (χ2v) is 7.05. The number of halogens is 2. The van der Waals surface area contributed by atoms with Gasteiger partial charge in [-0.15, -0.1) is 0 Å². The first-order chi connectivity index (χ1) is 12.5. The lowest BCUT2D eigenvalue weighted by Gasteiger charge is -2.07. The number of H-pyrrole nitrogens is 2. The standard InChI is InChI=1S/C20H10Cl2N2O2/c21-9-4-5-14-10(6-9)19(25)11-7-17-12(8-16(11)23-14)20(26)18-13(22)2-1-3-15(18)24-17/h1-8H,(H,23,25)(H,24,26). The first kappa shape index (κ1) is 15.4. The van der Waals surface area contributed by atoms with Crippen molar-refractivity contribution in [2.75, 3.05) is 0 Å². The fourth-order valence-electron chi connectivity index (χ4n) is 3.42. The monoisotopic (exact) mass is 380 g/mol. The third kappa shape index (κ3) is 2.09. The molecule has 2 heterocycles. The molecule has 26 heavy (non-hydrogen) atoms. The summed E-state index contributed by atoms with van der Waals surface area (Å²) in [5.74, 6) is 0. The van der Waals surface area contributed by atoms with Crippen molar-refractivity contribution in [3.05, 3.63) is 79.0 Å². The molecule has 0 spiro atoms. The SMILES string of the molecule is O=c1c2cc(Cl)ccc2[nH]c2cc3c(=O)c4c(Cl)cccc4[nH]c3cc12. The number of benzene rings is 3. The van der Waals surface area contributed by atoms with Crippen molar-refractivity contribution >= 4 is 66.8 Å². The molecule has 0 atom stereocenters. The summed E-state index contributed by atoms with van der Waals surface area (Å²) in [5, 5.41) is 2.81. The molecule has 2 N–H and O–H groups in total. The van der Waals surface area contributed by atoms with Crippen molar-refractivity contribution in [2.24, 2.45) is 0 Å². The summed E-state index contributed by atoms with van der Waals surface area (Å²) in [6.07, 6.45) is 0. The molecule has 0 fully saturated rings. The van der Waals surface area contributed by atoms with Crippen LogP contribution in [0.4, 0.5) is 0 Å². The number of hydrogen-bond donors (Lipinski definition) is 2. The van der Waals surface area contributed by atoms with E-state index >= 15 is 0 Å². The van der Waals surface area contributed by atoms with E-state index in [9.17, 15) is 9.59 Å². The van der Waals surface area contributed by atoms with Crippen molar-refractivity contribution < 1.29 is 0 Å². The van der Waals surface area contributed by atoms with Gasteiger partial charge in [0.2, 0.25) is 0 Å². The van der Waals surface area contributed by atoms with Gasteiger partial charge in [0.15, 0.2) is 10.9 Å². The number of aromatic amines is 2. The van der Waals surface area contributed by atoms with Crippen molar-refractivity contribution in [2.45, 2.75) is 0 Å². The van der Waals surface area contributed by atoms with Gasteiger partial charge in [0.25, 0.3) is 0 Å². The Kier molecular flexibility index (Phi) is 3.17. The van der Waals surface area contributed by atoms with E-state index in [1.807, 2.05) is 0 Å². The van der Waals surface area contributed by atoms with Crippen molar-refractivity contribution in [3.8, 4) is 0 Å². The summed E-state index contributed by atoms with van der Waals surface area (Å²) in [4.78, 5) is 32.2. The molecule has 5 aromatic rings. The summed E-state index contributed by atoms with van der Waals surface area (Å²) in [5.41, 5.74) is 2.18. The second kappa shape index (κ2) is 5.34. The first-order valence-corrected chi connectivity index (χ1v) is 8.68. The minimum absolute atomic E-state index is 0.134. The van der Waals surface area contributed by atoms with E-state index in [0.717, 1.165) is 0 Å². The maximum atomic E-state index is 12.9. The zero-order chi connectivity index (χ0) is 18.0. The van der Waals surface area contributed by atoms with Crippen LogP contribution in [0.1, 0.15) is 0 Å². The van der Waals surface area contributed by atoms with E-state index in [0.29, 0.717) is 53.7 Å². The highest BCUT2D eigenvalue weighted by Gasteiger charge is 2.12. The van der Waals surface area contributed by atoms with Crippen molar-refractivity contribution in [3.63, 3.8) is 0 Å². The lowest BCUT2D eigenvalue weighted by atomic mass is 10.1. The van der Waals surface area contributed by atoms with Gasteiger partial charge in [-0.2, -0.15) is 0 Å². The maximum Gasteiger partial charge on any atom is 0.198 e. The minimum Gasteiger partial charge on any atom is -0.354 e. The molecule has 0 amide bonds. The molecule has 0 aliphatic carbocycles. The normalized spacial score (nSPS) is 11.8. The van der Waals surface area contributed by atoms with E-state index in [-0.39, 0.29) is 10.9 Å². The van der Waals surface area contributed by atoms with E-state index in [1.54, 1.807) is 48.5 Å². The number of aromatic nitrogens is 2. The Labute approximate surface area is 156 Å². The van der Waals surface area contributed by atoms with Crippen LogP contribution in [0.2, 0.25) is 10.0 Å². The summed E-state index contributed by atoms with van der Waals surface area (Å²) >= 11 is 12.2. The molecule has 126 valence electrons. The third-order valence-corrected chi connectivity index (χ3v) is 5.20. The average molecular weight is 381 g/mol. The van der Waals surface area contributed by atoms with E-state index < -0.39 is 0 Å². The summed E-state index contributed by atoms with van der Waals surface area (Å²) < 4.78 is 0. The molecule has 5 rings (SSSR count). The van der Waals surface area contributed by atoms with Crippen LogP contribution in [0.5, 0.6) is 0 Å². The highest BCUT2D eigenvalue weighted by molar-refractivity contribution is 6.35. The van der Waals surface area contributed by atoms with Gasteiger partial charge < -0.3 is 9.97 Å². The smallest absolute Gasteiger partial charge is 0.198 e. The van der Waals surface area contributed by atoms with Crippen molar-refractivity contribution in [1.82, 2.24) is 9.97 Å². The number of hydrogen-bond acceptors (Lipinski definition) is 2. The van der Waals surface area contributed by atoms with Crippen LogP contribution in [-0.2, 0) is 0 Å². The van der Waals surface area contributed by atoms with E-state index in [1.165, 1.54) is 0 Å². The average Bonchev–Trinajstić information content (AvgIpc) is 2.62. The number of fused-ring (bicyclic) bond motifs is 4. The molecule has 0 bridgehead atoms. The van der Waals surface area contributed by atoms with Gasteiger partial charge in [-0.1, -0.05) is 29.3 Å². The van der Waals surface area contributed by atoms with Gasteiger partial charge in [0, 0.05) is 26.7 Å². The van der Waals surface area contributed by atoms with E-state index in [2.05, 4.69) is 9.97 Å². The Morgan fingerprint density at radius 3 is 2.08 bits per heavy atom. The summed E-state index contributed by atoms with van der Waals surface area (Å²) in [7, 11) is 0. The molecule has 0 aliphatic heterocycles. The maximum absolute atomic E-state index is 12.9. The van der Waals surface area contributed by atoms with Gasteiger partial charge in [-0.3, -0.25) is 9.59 Å². The van der Waals surface area contributed by atoms with Crippen molar-refractivity contribution in [1.29, 1.82) is 0 Å². The molecule has 0 aliphatic rings. The largest absolute Gasteiger partial charge is 0.354 e. The molecule has 0 saturated heterocycles. The van der Waals surface area contributed by atoms with Crippen LogP contribution in [0.25, 0.3) is 43.6 Å². The fourth-order valence-corrected chi connectivity index (χ4v) is 3.86. The third-order valence-electron chi connectivity index (χ3n) is 4.65. The van der Waals surface area contributed by atoms with E-state index in [4.69, 9.17) is 23.2 Å². The second-order valence-electron chi connectivity index (χ2n) is 6.20. The molecule has 3 aromatic carbocycles. The molecule has 0 saturated carbocycles. The number of rotatable bonds is 0. The minimum atomic E-state index is -0.168. The van der Waals surface area contributed by atoms with Gasteiger partial charge in [-0.05, 0) is 42.5 Å². The zero-order valence-corrected chi connectivity index (χ0v) is 14.7. The number of nitrogens with one attached hydrogen (secondary N) is 2. The predicted molar refractivity (Wildman–Crippen MR) is 108 cm³/mol.